The monoisotopic (exact) mass is 447 g/mol. The van der Waals surface area contributed by atoms with Gasteiger partial charge in [-0.3, -0.25) is 9.36 Å². The Balaban J connectivity index is 1.41. The second-order valence-electron chi connectivity index (χ2n) is 7.76. The summed E-state index contributed by atoms with van der Waals surface area (Å²) in [6.07, 6.45) is 0.0564. The minimum Gasteiger partial charge on any atom is -0.408 e. The van der Waals surface area contributed by atoms with Crippen LogP contribution in [-0.2, 0) is 16.1 Å². The maximum Gasteiger partial charge on any atom is 0.419 e. The standard InChI is InChI=1S/C22H23ClFN3O4/c1-13-11-26(12-14(2)30-13)18-6-4-16(10-17(18)24)25-21(28)7-8-27-19-5-3-15(23)9-20(19)31-22(27)29/h3-6,9-10,13-14H,7-8,11-12H2,1-2H3,(H,25,28)/t13-,14+. The van der Waals surface area contributed by atoms with Crippen molar-refractivity contribution in [1.82, 2.24) is 4.57 Å². The van der Waals surface area contributed by atoms with E-state index < -0.39 is 11.6 Å². The number of nitrogens with zero attached hydrogens (tertiary/aromatic N) is 2. The van der Waals surface area contributed by atoms with Crippen LogP contribution in [0.3, 0.4) is 0 Å². The number of benzene rings is 2. The van der Waals surface area contributed by atoms with Gasteiger partial charge in [-0.05, 0) is 44.2 Å². The van der Waals surface area contributed by atoms with Crippen molar-refractivity contribution in [2.45, 2.75) is 39.0 Å². The summed E-state index contributed by atoms with van der Waals surface area (Å²) in [5.41, 5.74) is 1.76. The van der Waals surface area contributed by atoms with Gasteiger partial charge in [-0.15, -0.1) is 0 Å². The number of fused-ring (bicyclic) bond motifs is 1. The third-order valence-corrected chi connectivity index (χ3v) is 5.42. The van der Waals surface area contributed by atoms with Crippen LogP contribution in [0.5, 0.6) is 0 Å². The number of nitrogens with one attached hydrogen (secondary N) is 1. The van der Waals surface area contributed by atoms with Crippen LogP contribution in [0, 0.1) is 5.82 Å². The topological polar surface area (TPSA) is 76.7 Å². The van der Waals surface area contributed by atoms with Gasteiger partial charge in [-0.25, -0.2) is 9.18 Å². The number of halogens is 2. The number of hydrogen-bond donors (Lipinski definition) is 1. The van der Waals surface area contributed by atoms with E-state index in [9.17, 15) is 14.0 Å². The molecule has 1 amide bonds. The highest BCUT2D eigenvalue weighted by Crippen LogP contribution is 2.26. The molecule has 2 heterocycles. The van der Waals surface area contributed by atoms with Gasteiger partial charge in [0.25, 0.3) is 0 Å². The van der Waals surface area contributed by atoms with E-state index >= 15 is 0 Å². The number of oxazole rings is 1. The largest absolute Gasteiger partial charge is 0.419 e. The summed E-state index contributed by atoms with van der Waals surface area (Å²) < 4.78 is 26.9. The first-order valence-electron chi connectivity index (χ1n) is 10.1. The molecule has 0 bridgehead atoms. The van der Waals surface area contributed by atoms with Crippen LogP contribution in [0.1, 0.15) is 20.3 Å². The van der Waals surface area contributed by atoms with Crippen molar-refractivity contribution in [3.63, 3.8) is 0 Å². The minimum atomic E-state index is -0.561. The van der Waals surface area contributed by atoms with Gasteiger partial charge in [0.1, 0.15) is 5.82 Å². The number of hydrogen-bond acceptors (Lipinski definition) is 5. The van der Waals surface area contributed by atoms with Crippen molar-refractivity contribution in [3.8, 4) is 0 Å². The van der Waals surface area contributed by atoms with Gasteiger partial charge in [0.15, 0.2) is 5.58 Å². The molecule has 2 aromatic carbocycles. The van der Waals surface area contributed by atoms with Gasteiger partial charge in [-0.2, -0.15) is 0 Å². The summed E-state index contributed by atoms with van der Waals surface area (Å²) in [5, 5.41) is 3.14. The van der Waals surface area contributed by atoms with Gasteiger partial charge < -0.3 is 19.4 Å². The number of aromatic nitrogens is 1. The number of amides is 1. The average molecular weight is 448 g/mol. The zero-order chi connectivity index (χ0) is 22.1. The van der Waals surface area contributed by atoms with Crippen LogP contribution in [0.15, 0.2) is 45.6 Å². The van der Waals surface area contributed by atoms with Gasteiger partial charge in [-0.1, -0.05) is 11.6 Å². The van der Waals surface area contributed by atoms with E-state index in [2.05, 4.69) is 5.32 Å². The Labute approximate surface area is 183 Å². The third kappa shape index (κ3) is 4.75. The maximum atomic E-state index is 14.7. The number of anilines is 2. The molecule has 1 aromatic heterocycles. The van der Waals surface area contributed by atoms with E-state index in [1.165, 1.54) is 10.6 Å². The Morgan fingerprint density at radius 3 is 2.65 bits per heavy atom. The fourth-order valence-corrected chi connectivity index (χ4v) is 4.07. The smallest absolute Gasteiger partial charge is 0.408 e. The van der Waals surface area contributed by atoms with Crippen molar-refractivity contribution in [3.05, 3.63) is 57.8 Å². The third-order valence-electron chi connectivity index (χ3n) is 5.18. The maximum absolute atomic E-state index is 14.7. The van der Waals surface area contributed by atoms with Crippen molar-refractivity contribution in [2.75, 3.05) is 23.3 Å². The molecule has 1 fully saturated rings. The van der Waals surface area contributed by atoms with Gasteiger partial charge in [0.2, 0.25) is 5.91 Å². The molecule has 9 heteroatoms. The summed E-state index contributed by atoms with van der Waals surface area (Å²) >= 11 is 5.91. The molecule has 0 spiro atoms. The van der Waals surface area contributed by atoms with Crippen LogP contribution in [0.4, 0.5) is 15.8 Å². The summed E-state index contributed by atoms with van der Waals surface area (Å²) in [4.78, 5) is 26.4. The second kappa shape index (κ2) is 8.72. The molecule has 0 saturated carbocycles. The van der Waals surface area contributed by atoms with E-state index in [4.69, 9.17) is 20.8 Å². The van der Waals surface area contributed by atoms with Crippen LogP contribution in [0.25, 0.3) is 11.1 Å². The summed E-state index contributed by atoms with van der Waals surface area (Å²) in [5.74, 6) is -1.31. The lowest BCUT2D eigenvalue weighted by atomic mass is 10.2. The van der Waals surface area contributed by atoms with E-state index in [1.54, 1.807) is 30.3 Å². The van der Waals surface area contributed by atoms with Crippen molar-refractivity contribution < 1.29 is 18.3 Å². The molecular formula is C22H23ClFN3O4. The molecule has 7 nitrogen and oxygen atoms in total. The molecule has 0 unspecified atom stereocenters. The van der Waals surface area contributed by atoms with Gasteiger partial charge in [0.05, 0.1) is 23.4 Å². The summed E-state index contributed by atoms with van der Waals surface area (Å²) in [7, 11) is 0. The van der Waals surface area contributed by atoms with Crippen LogP contribution in [-0.4, -0.2) is 35.8 Å². The zero-order valence-corrected chi connectivity index (χ0v) is 18.0. The lowest BCUT2D eigenvalue weighted by molar-refractivity contribution is -0.116. The first-order chi connectivity index (χ1) is 14.8. The lowest BCUT2D eigenvalue weighted by Gasteiger charge is -2.37. The zero-order valence-electron chi connectivity index (χ0n) is 17.2. The first kappa shape index (κ1) is 21.4. The van der Waals surface area contributed by atoms with Crippen molar-refractivity contribution >= 4 is 40.0 Å². The van der Waals surface area contributed by atoms with E-state index in [1.807, 2.05) is 18.7 Å². The van der Waals surface area contributed by atoms with Crippen molar-refractivity contribution in [2.24, 2.45) is 0 Å². The van der Waals surface area contributed by atoms with Crippen LogP contribution in [0.2, 0.25) is 5.02 Å². The number of morpholine rings is 1. The number of ether oxygens (including phenoxy) is 1. The highest BCUT2D eigenvalue weighted by atomic mass is 35.5. The molecule has 164 valence electrons. The molecule has 2 atom stereocenters. The Morgan fingerprint density at radius 1 is 1.19 bits per heavy atom. The molecule has 1 N–H and O–H groups in total. The normalized spacial score (nSPS) is 19.0. The fourth-order valence-electron chi connectivity index (χ4n) is 3.90. The summed E-state index contributed by atoms with van der Waals surface area (Å²) in [6, 6.07) is 9.50. The summed E-state index contributed by atoms with van der Waals surface area (Å²) in [6.45, 7) is 5.25. The van der Waals surface area contributed by atoms with E-state index in [0.717, 1.165) is 0 Å². The Bertz CT molecular complexity index is 1170. The van der Waals surface area contributed by atoms with Gasteiger partial charge in [0, 0.05) is 42.8 Å². The van der Waals surface area contributed by atoms with Crippen LogP contribution >= 0.6 is 11.6 Å². The average Bonchev–Trinajstić information content (AvgIpc) is 2.99. The minimum absolute atomic E-state index is 0.0148. The van der Waals surface area contributed by atoms with E-state index in [0.29, 0.717) is 40.6 Å². The number of rotatable bonds is 5. The number of carbonyl (C=O) groups is 1. The highest BCUT2D eigenvalue weighted by molar-refractivity contribution is 6.31. The van der Waals surface area contributed by atoms with E-state index in [-0.39, 0.29) is 31.1 Å². The predicted octanol–water partition coefficient (Wildman–Crippen LogP) is 4.03. The molecule has 0 radical (unpaired) electrons. The lowest BCUT2D eigenvalue weighted by Crippen LogP contribution is -2.45. The molecule has 1 saturated heterocycles. The second-order valence-corrected chi connectivity index (χ2v) is 8.19. The van der Waals surface area contributed by atoms with Gasteiger partial charge >= 0.3 is 5.76 Å². The molecular weight excluding hydrogens is 425 g/mol. The van der Waals surface area contributed by atoms with Crippen molar-refractivity contribution in [1.29, 1.82) is 0 Å². The Morgan fingerprint density at radius 2 is 1.94 bits per heavy atom. The fraction of sp³-hybridized carbons (Fsp3) is 0.364. The number of aryl methyl sites for hydroxylation is 1. The Hall–Kier alpha value is -2.84. The quantitative estimate of drug-likeness (QED) is 0.639. The van der Waals surface area contributed by atoms with Crippen LogP contribution < -0.4 is 16.0 Å². The molecule has 3 aromatic rings. The molecule has 4 rings (SSSR count). The predicted molar refractivity (Wildman–Crippen MR) is 117 cm³/mol. The first-order valence-corrected chi connectivity index (χ1v) is 10.5. The molecule has 1 aliphatic rings. The Kier molecular flexibility index (Phi) is 6.02. The number of carbonyl (C=O) groups excluding carboxylic acids is 1. The highest BCUT2D eigenvalue weighted by Gasteiger charge is 2.24. The molecule has 1 aliphatic heterocycles. The molecule has 0 aliphatic carbocycles. The molecule has 31 heavy (non-hydrogen) atoms. The SMILES string of the molecule is C[C@@H]1CN(c2ccc(NC(=O)CCn3c(=O)oc4cc(Cl)ccc43)cc2F)C[C@H](C)O1.